The maximum atomic E-state index is 9.08. The molecule has 3 heteroatoms. The maximum absolute atomic E-state index is 9.08. The summed E-state index contributed by atoms with van der Waals surface area (Å²) in [6.07, 6.45) is 0.472. The van der Waals surface area contributed by atoms with Crippen LogP contribution >= 0.6 is 0 Å². The molecule has 0 rings (SSSR count). The third kappa shape index (κ3) is 7.78. The second-order valence-electron chi connectivity index (χ2n) is 2.94. The molecule has 0 spiro atoms. The van der Waals surface area contributed by atoms with Gasteiger partial charge in [-0.05, 0) is 20.5 Å². The predicted molar refractivity (Wildman–Crippen MR) is 45.7 cm³/mol. The fourth-order valence-corrected chi connectivity index (χ4v) is 0.584. The number of ether oxygens (including phenoxy) is 1. The van der Waals surface area contributed by atoms with Crippen LogP contribution in [0.3, 0.4) is 0 Å². The van der Waals surface area contributed by atoms with E-state index in [9.17, 15) is 0 Å². The van der Waals surface area contributed by atoms with Crippen LogP contribution in [-0.4, -0.2) is 50.0 Å². The van der Waals surface area contributed by atoms with Gasteiger partial charge in [0.2, 0.25) is 0 Å². The summed E-state index contributed by atoms with van der Waals surface area (Å²) >= 11 is 0. The van der Waals surface area contributed by atoms with E-state index in [2.05, 4.69) is 4.90 Å². The summed E-state index contributed by atoms with van der Waals surface area (Å²) in [5, 5.41) is 9.08. The number of rotatable bonds is 6. The Morgan fingerprint density at radius 2 is 2.09 bits per heavy atom. The Labute approximate surface area is 69.0 Å². The molecular weight excluding hydrogens is 142 g/mol. The molecule has 0 aromatic heterocycles. The van der Waals surface area contributed by atoms with E-state index in [-0.39, 0.29) is 6.10 Å². The molecule has 68 valence electrons. The van der Waals surface area contributed by atoms with E-state index in [1.54, 1.807) is 0 Å². The molecule has 0 heterocycles. The average Bonchev–Trinajstić information content (AvgIpc) is 1.97. The van der Waals surface area contributed by atoms with Crippen LogP contribution in [0.4, 0.5) is 0 Å². The second-order valence-corrected chi connectivity index (χ2v) is 2.94. The van der Waals surface area contributed by atoms with E-state index in [4.69, 9.17) is 9.84 Å². The molecule has 0 bridgehead atoms. The monoisotopic (exact) mass is 161 g/mol. The Balaban J connectivity index is 3.01. The van der Waals surface area contributed by atoms with Gasteiger partial charge in [-0.3, -0.25) is 0 Å². The third-order valence-corrected chi connectivity index (χ3v) is 1.46. The molecule has 1 atom stereocenters. The fourth-order valence-electron chi connectivity index (χ4n) is 0.584. The average molecular weight is 161 g/mol. The number of aliphatic hydroxyl groups excluding tert-OH is 1. The normalized spacial score (nSPS) is 13.9. The molecule has 0 amide bonds. The standard InChI is InChI=1S/C8H19NO2/c1-4-8(10)7-11-6-5-9(2)3/h8,10H,4-7H2,1-3H3. The zero-order chi connectivity index (χ0) is 8.69. The molecule has 0 aliphatic heterocycles. The van der Waals surface area contributed by atoms with Gasteiger partial charge < -0.3 is 14.7 Å². The number of nitrogens with zero attached hydrogens (tertiary/aromatic N) is 1. The van der Waals surface area contributed by atoms with Crippen LogP contribution in [0, 0.1) is 0 Å². The lowest BCUT2D eigenvalue weighted by atomic mass is 10.3. The van der Waals surface area contributed by atoms with Gasteiger partial charge in [-0.1, -0.05) is 6.92 Å². The molecule has 0 fully saturated rings. The summed E-state index contributed by atoms with van der Waals surface area (Å²) in [7, 11) is 4.00. The number of hydrogen-bond acceptors (Lipinski definition) is 3. The summed E-state index contributed by atoms with van der Waals surface area (Å²) in [4.78, 5) is 2.05. The zero-order valence-electron chi connectivity index (χ0n) is 7.71. The second kappa shape index (κ2) is 6.58. The minimum atomic E-state index is -0.294. The Morgan fingerprint density at radius 3 is 2.55 bits per heavy atom. The van der Waals surface area contributed by atoms with Crippen LogP contribution in [0.2, 0.25) is 0 Å². The molecule has 1 unspecified atom stereocenters. The van der Waals surface area contributed by atoms with Crippen molar-refractivity contribution in [3.05, 3.63) is 0 Å². The van der Waals surface area contributed by atoms with Crippen LogP contribution in [-0.2, 0) is 4.74 Å². The predicted octanol–water partition coefficient (Wildman–Crippen LogP) is 0.335. The van der Waals surface area contributed by atoms with Gasteiger partial charge in [0.15, 0.2) is 0 Å². The Bertz CT molecular complexity index is 86.2. The molecule has 0 aromatic rings. The fraction of sp³-hybridized carbons (Fsp3) is 1.00. The molecule has 0 radical (unpaired) electrons. The molecule has 0 saturated carbocycles. The quantitative estimate of drug-likeness (QED) is 0.570. The maximum Gasteiger partial charge on any atom is 0.0771 e. The summed E-state index contributed by atoms with van der Waals surface area (Å²) in [6.45, 7) is 4.02. The van der Waals surface area contributed by atoms with Gasteiger partial charge in [-0.25, -0.2) is 0 Å². The zero-order valence-corrected chi connectivity index (χ0v) is 7.71. The molecule has 0 aromatic carbocycles. The lowest BCUT2D eigenvalue weighted by molar-refractivity contribution is 0.0298. The lowest BCUT2D eigenvalue weighted by Crippen LogP contribution is -2.21. The molecule has 0 aliphatic carbocycles. The molecule has 3 nitrogen and oxygen atoms in total. The SMILES string of the molecule is CCC(O)COCCN(C)C. The van der Waals surface area contributed by atoms with Crippen molar-refractivity contribution in [3.8, 4) is 0 Å². The van der Waals surface area contributed by atoms with E-state index in [1.165, 1.54) is 0 Å². The molecule has 11 heavy (non-hydrogen) atoms. The minimum absolute atomic E-state index is 0.294. The van der Waals surface area contributed by atoms with Gasteiger partial charge in [0.25, 0.3) is 0 Å². The van der Waals surface area contributed by atoms with E-state index in [0.29, 0.717) is 13.2 Å². The van der Waals surface area contributed by atoms with Crippen LogP contribution in [0.1, 0.15) is 13.3 Å². The van der Waals surface area contributed by atoms with Gasteiger partial charge in [-0.15, -0.1) is 0 Å². The van der Waals surface area contributed by atoms with Crippen molar-refractivity contribution in [3.63, 3.8) is 0 Å². The molecule has 0 saturated heterocycles. The van der Waals surface area contributed by atoms with Gasteiger partial charge in [0.05, 0.1) is 19.3 Å². The summed E-state index contributed by atoms with van der Waals surface area (Å²) in [6, 6.07) is 0. The molecule has 0 aliphatic rings. The van der Waals surface area contributed by atoms with Crippen LogP contribution in [0.15, 0.2) is 0 Å². The largest absolute Gasteiger partial charge is 0.391 e. The van der Waals surface area contributed by atoms with E-state index in [1.807, 2.05) is 21.0 Å². The van der Waals surface area contributed by atoms with Crippen LogP contribution < -0.4 is 0 Å². The lowest BCUT2D eigenvalue weighted by Gasteiger charge is -2.11. The van der Waals surface area contributed by atoms with E-state index >= 15 is 0 Å². The van der Waals surface area contributed by atoms with Gasteiger partial charge in [0, 0.05) is 6.54 Å². The Hall–Kier alpha value is -0.120. The van der Waals surface area contributed by atoms with Crippen LogP contribution in [0.5, 0.6) is 0 Å². The highest BCUT2D eigenvalue weighted by Crippen LogP contribution is 1.90. The van der Waals surface area contributed by atoms with Crippen molar-refractivity contribution in [2.75, 3.05) is 33.9 Å². The highest BCUT2D eigenvalue weighted by molar-refractivity contribution is 4.49. The van der Waals surface area contributed by atoms with Crippen molar-refractivity contribution in [1.29, 1.82) is 0 Å². The highest BCUT2D eigenvalue weighted by atomic mass is 16.5. The minimum Gasteiger partial charge on any atom is -0.391 e. The van der Waals surface area contributed by atoms with Crippen molar-refractivity contribution < 1.29 is 9.84 Å². The van der Waals surface area contributed by atoms with Crippen molar-refractivity contribution in [1.82, 2.24) is 4.90 Å². The summed E-state index contributed by atoms with van der Waals surface area (Å²) < 4.78 is 5.21. The first-order valence-electron chi connectivity index (χ1n) is 4.07. The Kier molecular flexibility index (Phi) is 6.51. The van der Waals surface area contributed by atoms with Gasteiger partial charge in [0.1, 0.15) is 0 Å². The first-order valence-corrected chi connectivity index (χ1v) is 4.07. The third-order valence-electron chi connectivity index (χ3n) is 1.46. The smallest absolute Gasteiger partial charge is 0.0771 e. The molecular formula is C8H19NO2. The number of aliphatic hydroxyl groups is 1. The van der Waals surface area contributed by atoms with Gasteiger partial charge in [-0.2, -0.15) is 0 Å². The van der Waals surface area contributed by atoms with Crippen LogP contribution in [0.25, 0.3) is 0 Å². The first-order chi connectivity index (χ1) is 5.16. The van der Waals surface area contributed by atoms with Crippen molar-refractivity contribution >= 4 is 0 Å². The first kappa shape index (κ1) is 10.9. The van der Waals surface area contributed by atoms with Crippen molar-refractivity contribution in [2.24, 2.45) is 0 Å². The van der Waals surface area contributed by atoms with E-state index < -0.39 is 0 Å². The highest BCUT2D eigenvalue weighted by Gasteiger charge is 1.99. The van der Waals surface area contributed by atoms with E-state index in [0.717, 1.165) is 13.0 Å². The van der Waals surface area contributed by atoms with Gasteiger partial charge >= 0.3 is 0 Å². The molecule has 1 N–H and O–H groups in total. The number of likely N-dealkylation sites (N-methyl/N-ethyl adjacent to an activating group) is 1. The topological polar surface area (TPSA) is 32.7 Å². The number of hydrogen-bond donors (Lipinski definition) is 1. The summed E-state index contributed by atoms with van der Waals surface area (Å²) in [5.41, 5.74) is 0. The Morgan fingerprint density at radius 1 is 1.45 bits per heavy atom. The van der Waals surface area contributed by atoms with Crippen molar-refractivity contribution in [2.45, 2.75) is 19.4 Å². The summed E-state index contributed by atoms with van der Waals surface area (Å²) in [5.74, 6) is 0.